The Morgan fingerprint density at radius 3 is 2.59 bits per heavy atom. The predicted molar refractivity (Wildman–Crippen MR) is 84.8 cm³/mol. The van der Waals surface area contributed by atoms with Crippen LogP contribution in [-0.4, -0.2) is 43.5 Å². The second kappa shape index (κ2) is 7.18. The molecule has 2 aliphatic heterocycles. The highest BCUT2D eigenvalue weighted by Gasteiger charge is 2.40. The summed E-state index contributed by atoms with van der Waals surface area (Å²) in [4.78, 5) is 12.3. The van der Waals surface area contributed by atoms with E-state index in [1.54, 1.807) is 0 Å². The number of carbonyl (C=O) groups is 1. The van der Waals surface area contributed by atoms with Crippen LogP contribution in [0.5, 0.6) is 0 Å². The average molecular weight is 310 g/mol. The van der Waals surface area contributed by atoms with Crippen LogP contribution in [0.3, 0.4) is 0 Å². The minimum Gasteiger partial charge on any atom is -0.381 e. The molecule has 5 nitrogen and oxygen atoms in total. The molecule has 0 aromatic rings. The van der Waals surface area contributed by atoms with Crippen molar-refractivity contribution >= 4 is 6.03 Å². The molecule has 0 bridgehead atoms. The fourth-order valence-corrected chi connectivity index (χ4v) is 4.29. The number of hydrogen-bond donors (Lipinski definition) is 2. The van der Waals surface area contributed by atoms with Gasteiger partial charge in [0.05, 0.1) is 5.60 Å². The largest absolute Gasteiger partial charge is 0.381 e. The van der Waals surface area contributed by atoms with Gasteiger partial charge in [0.15, 0.2) is 0 Å². The van der Waals surface area contributed by atoms with E-state index in [1.807, 2.05) is 0 Å². The smallest absolute Gasteiger partial charge is 0.315 e. The lowest BCUT2D eigenvalue weighted by atomic mass is 9.89. The zero-order valence-corrected chi connectivity index (χ0v) is 13.7. The maximum atomic E-state index is 12.3. The summed E-state index contributed by atoms with van der Waals surface area (Å²) in [7, 11) is 0. The fraction of sp³-hybridized carbons (Fsp3) is 0.941. The first kappa shape index (κ1) is 16.1. The van der Waals surface area contributed by atoms with Crippen molar-refractivity contribution in [3.8, 4) is 0 Å². The second-order valence-corrected chi connectivity index (χ2v) is 7.28. The highest BCUT2D eigenvalue weighted by Crippen LogP contribution is 2.39. The Morgan fingerprint density at radius 2 is 1.86 bits per heavy atom. The number of urea groups is 1. The first-order valence-electron chi connectivity index (χ1n) is 8.96. The normalized spacial score (nSPS) is 30.1. The number of carbonyl (C=O) groups excluding carboxylic acids is 1. The summed E-state index contributed by atoms with van der Waals surface area (Å²) >= 11 is 0. The van der Waals surface area contributed by atoms with E-state index in [0.717, 1.165) is 58.3 Å². The molecule has 1 spiro atoms. The molecule has 126 valence electrons. The van der Waals surface area contributed by atoms with Crippen LogP contribution in [0.4, 0.5) is 4.79 Å². The summed E-state index contributed by atoms with van der Waals surface area (Å²) in [6, 6.07) is 0.456. The van der Waals surface area contributed by atoms with Crippen LogP contribution in [0.25, 0.3) is 0 Å². The fourth-order valence-electron chi connectivity index (χ4n) is 4.29. The summed E-state index contributed by atoms with van der Waals surface area (Å²) in [5, 5.41) is 6.31. The molecule has 2 heterocycles. The zero-order chi connectivity index (χ0) is 15.4. The molecule has 0 aromatic heterocycles. The molecular formula is C17H30N2O3. The van der Waals surface area contributed by atoms with E-state index in [2.05, 4.69) is 17.6 Å². The third-order valence-corrected chi connectivity index (χ3v) is 5.67. The van der Waals surface area contributed by atoms with E-state index in [1.165, 1.54) is 12.8 Å². The molecule has 3 aliphatic rings. The quantitative estimate of drug-likeness (QED) is 0.842. The molecular weight excluding hydrogens is 280 g/mol. The lowest BCUT2D eigenvalue weighted by Gasteiger charge is -2.38. The van der Waals surface area contributed by atoms with Gasteiger partial charge >= 0.3 is 6.03 Å². The zero-order valence-electron chi connectivity index (χ0n) is 13.7. The second-order valence-electron chi connectivity index (χ2n) is 7.28. The van der Waals surface area contributed by atoms with Gasteiger partial charge in [-0.3, -0.25) is 0 Å². The standard InChI is InChI=1S/C17H30N2O3/c1-13(14-4-9-21-10-5-14)18-16(20)19-15-6-11-22-17(12-15)7-2-3-8-17/h13-15H,2-12H2,1H3,(H2,18,19,20)/t13-,15+/m1/s1. The van der Waals surface area contributed by atoms with Crippen molar-refractivity contribution in [2.45, 2.75) is 76.0 Å². The van der Waals surface area contributed by atoms with Gasteiger partial charge in [-0.2, -0.15) is 0 Å². The van der Waals surface area contributed by atoms with Crippen LogP contribution in [0.1, 0.15) is 58.3 Å². The van der Waals surface area contributed by atoms with Crippen LogP contribution < -0.4 is 10.6 Å². The Hall–Kier alpha value is -0.810. The molecule has 2 amide bonds. The van der Waals surface area contributed by atoms with Crippen LogP contribution in [0.2, 0.25) is 0 Å². The molecule has 5 heteroatoms. The van der Waals surface area contributed by atoms with Gasteiger partial charge in [-0.05, 0) is 51.4 Å². The van der Waals surface area contributed by atoms with E-state index in [0.29, 0.717) is 5.92 Å². The predicted octanol–water partition coefficient (Wildman–Crippen LogP) is 2.59. The molecule has 1 saturated carbocycles. The molecule has 0 unspecified atom stereocenters. The third-order valence-electron chi connectivity index (χ3n) is 5.67. The van der Waals surface area contributed by atoms with Crippen molar-refractivity contribution < 1.29 is 14.3 Å². The van der Waals surface area contributed by atoms with Gasteiger partial charge in [-0.15, -0.1) is 0 Å². The maximum Gasteiger partial charge on any atom is 0.315 e. The topological polar surface area (TPSA) is 59.6 Å². The number of hydrogen-bond acceptors (Lipinski definition) is 3. The molecule has 0 aromatic carbocycles. The highest BCUT2D eigenvalue weighted by atomic mass is 16.5. The van der Waals surface area contributed by atoms with Gasteiger partial charge in [0.25, 0.3) is 0 Å². The van der Waals surface area contributed by atoms with E-state index >= 15 is 0 Å². The highest BCUT2D eigenvalue weighted by molar-refractivity contribution is 5.74. The SMILES string of the molecule is C[C@@H](NC(=O)N[C@H]1CCOC2(CCCC2)C1)C1CCOCC1. The minimum absolute atomic E-state index is 0.0148. The molecule has 3 fully saturated rings. The Labute approximate surface area is 133 Å². The van der Waals surface area contributed by atoms with Crippen molar-refractivity contribution in [3.63, 3.8) is 0 Å². The first-order valence-corrected chi connectivity index (χ1v) is 8.96. The molecule has 2 atom stereocenters. The Balaban J connectivity index is 1.44. The average Bonchev–Trinajstić information content (AvgIpc) is 2.95. The summed E-state index contributed by atoms with van der Waals surface area (Å²) < 4.78 is 11.4. The lowest BCUT2D eigenvalue weighted by Crippen LogP contribution is -2.52. The van der Waals surface area contributed by atoms with Gasteiger partial charge in [0.1, 0.15) is 0 Å². The van der Waals surface area contributed by atoms with E-state index in [-0.39, 0.29) is 23.7 Å². The van der Waals surface area contributed by atoms with Crippen molar-refractivity contribution in [2.75, 3.05) is 19.8 Å². The Bertz CT molecular complexity index is 376. The van der Waals surface area contributed by atoms with Crippen molar-refractivity contribution in [3.05, 3.63) is 0 Å². The third kappa shape index (κ3) is 3.93. The Morgan fingerprint density at radius 1 is 1.14 bits per heavy atom. The van der Waals surface area contributed by atoms with Crippen molar-refractivity contribution in [2.24, 2.45) is 5.92 Å². The van der Waals surface area contributed by atoms with E-state index in [9.17, 15) is 4.79 Å². The van der Waals surface area contributed by atoms with Gasteiger partial charge in [-0.25, -0.2) is 4.79 Å². The van der Waals surface area contributed by atoms with Crippen LogP contribution in [-0.2, 0) is 9.47 Å². The summed E-state index contributed by atoms with van der Waals surface area (Å²) in [5.41, 5.74) is 0.0581. The van der Waals surface area contributed by atoms with Gasteiger partial charge < -0.3 is 20.1 Å². The number of nitrogens with one attached hydrogen (secondary N) is 2. The Kier molecular flexibility index (Phi) is 5.24. The van der Waals surface area contributed by atoms with Crippen molar-refractivity contribution in [1.29, 1.82) is 0 Å². The van der Waals surface area contributed by atoms with Gasteiger partial charge in [0, 0.05) is 31.9 Å². The van der Waals surface area contributed by atoms with E-state index < -0.39 is 0 Å². The lowest BCUT2D eigenvalue weighted by molar-refractivity contribution is -0.0820. The van der Waals surface area contributed by atoms with Crippen molar-refractivity contribution in [1.82, 2.24) is 10.6 Å². The van der Waals surface area contributed by atoms with Crippen LogP contribution in [0, 0.1) is 5.92 Å². The summed E-state index contributed by atoms with van der Waals surface area (Å²) in [5.74, 6) is 0.537. The minimum atomic E-state index is -0.0148. The molecule has 22 heavy (non-hydrogen) atoms. The monoisotopic (exact) mass is 310 g/mol. The van der Waals surface area contributed by atoms with Crippen LogP contribution in [0.15, 0.2) is 0 Å². The van der Waals surface area contributed by atoms with Crippen LogP contribution >= 0.6 is 0 Å². The molecule has 2 N–H and O–H groups in total. The van der Waals surface area contributed by atoms with Gasteiger partial charge in [0.2, 0.25) is 0 Å². The van der Waals surface area contributed by atoms with Gasteiger partial charge in [-0.1, -0.05) is 12.8 Å². The molecule has 0 radical (unpaired) electrons. The summed E-state index contributed by atoms with van der Waals surface area (Å²) in [6.07, 6.45) is 8.84. The molecule has 1 aliphatic carbocycles. The maximum absolute atomic E-state index is 12.3. The number of amides is 2. The molecule has 2 saturated heterocycles. The first-order chi connectivity index (χ1) is 10.7. The molecule has 3 rings (SSSR count). The number of rotatable bonds is 3. The summed E-state index contributed by atoms with van der Waals surface area (Å²) in [6.45, 7) is 4.53. The number of ether oxygens (including phenoxy) is 2. The van der Waals surface area contributed by atoms with E-state index in [4.69, 9.17) is 9.47 Å².